The zero-order chi connectivity index (χ0) is 12.7. The van der Waals surface area contributed by atoms with E-state index in [1.54, 1.807) is 0 Å². The van der Waals surface area contributed by atoms with Gasteiger partial charge in [0.05, 0.1) is 19.3 Å². The van der Waals surface area contributed by atoms with Gasteiger partial charge in [0, 0.05) is 19.1 Å². The number of hydrogen-bond acceptors (Lipinski definition) is 4. The average molecular weight is 243 g/mol. The maximum absolute atomic E-state index is 11.2. The van der Waals surface area contributed by atoms with Crippen molar-refractivity contribution in [1.82, 2.24) is 10.2 Å². The number of nitrogens with zero attached hydrogens (tertiary/aromatic N) is 1. The monoisotopic (exact) mass is 243 g/mol. The zero-order valence-corrected chi connectivity index (χ0v) is 10.9. The molecule has 1 saturated heterocycles. The second-order valence-corrected chi connectivity index (χ2v) is 4.47. The summed E-state index contributed by atoms with van der Waals surface area (Å²) in [6.45, 7) is 8.38. The SMILES string of the molecule is CCNC(CCN1CCOCC1CC)C(N)=O. The second kappa shape index (κ2) is 7.63. The molecule has 0 aromatic heterocycles. The second-order valence-electron chi connectivity index (χ2n) is 4.47. The quantitative estimate of drug-likeness (QED) is 0.658. The molecule has 3 N–H and O–H groups in total. The van der Waals surface area contributed by atoms with Crippen molar-refractivity contribution in [2.24, 2.45) is 5.73 Å². The highest BCUT2D eigenvalue weighted by molar-refractivity contribution is 5.79. The molecule has 0 aliphatic carbocycles. The fourth-order valence-electron chi connectivity index (χ4n) is 2.25. The van der Waals surface area contributed by atoms with Gasteiger partial charge in [0.15, 0.2) is 0 Å². The standard InChI is InChI=1S/C12H25N3O2/c1-3-10-9-17-8-7-15(10)6-5-11(12(13)16)14-4-2/h10-11,14H,3-9H2,1-2H3,(H2,13,16). The molecule has 0 bridgehead atoms. The van der Waals surface area contributed by atoms with Crippen LogP contribution in [0.3, 0.4) is 0 Å². The summed E-state index contributed by atoms with van der Waals surface area (Å²) >= 11 is 0. The van der Waals surface area contributed by atoms with Crippen molar-refractivity contribution in [3.63, 3.8) is 0 Å². The van der Waals surface area contributed by atoms with E-state index in [2.05, 4.69) is 17.1 Å². The molecule has 1 fully saturated rings. The predicted octanol–water partition coefficient (Wildman–Crippen LogP) is -0.0493. The number of hydrogen-bond donors (Lipinski definition) is 2. The highest BCUT2D eigenvalue weighted by Gasteiger charge is 2.23. The van der Waals surface area contributed by atoms with Gasteiger partial charge in [-0.1, -0.05) is 13.8 Å². The van der Waals surface area contributed by atoms with E-state index in [0.717, 1.165) is 45.7 Å². The lowest BCUT2D eigenvalue weighted by molar-refractivity contribution is -0.120. The summed E-state index contributed by atoms with van der Waals surface area (Å²) in [5.41, 5.74) is 5.36. The Kier molecular flexibility index (Phi) is 6.47. The highest BCUT2D eigenvalue weighted by Crippen LogP contribution is 2.11. The first-order valence-corrected chi connectivity index (χ1v) is 6.53. The number of carbonyl (C=O) groups is 1. The third kappa shape index (κ3) is 4.61. The first-order chi connectivity index (χ1) is 8.19. The number of carbonyl (C=O) groups excluding carboxylic acids is 1. The first-order valence-electron chi connectivity index (χ1n) is 6.53. The summed E-state index contributed by atoms with van der Waals surface area (Å²) in [5, 5.41) is 3.12. The molecule has 2 atom stereocenters. The van der Waals surface area contributed by atoms with Crippen LogP contribution < -0.4 is 11.1 Å². The third-order valence-corrected chi connectivity index (χ3v) is 3.32. The van der Waals surface area contributed by atoms with Gasteiger partial charge in [0.2, 0.25) is 5.91 Å². The lowest BCUT2D eigenvalue weighted by Gasteiger charge is -2.35. The minimum absolute atomic E-state index is 0.208. The number of nitrogens with one attached hydrogen (secondary N) is 1. The molecular formula is C12H25N3O2. The molecule has 100 valence electrons. The minimum Gasteiger partial charge on any atom is -0.378 e. The van der Waals surface area contributed by atoms with E-state index < -0.39 is 0 Å². The molecule has 0 spiro atoms. The predicted molar refractivity (Wildman–Crippen MR) is 67.7 cm³/mol. The Morgan fingerprint density at radius 3 is 2.94 bits per heavy atom. The van der Waals surface area contributed by atoms with E-state index in [0.29, 0.717) is 6.04 Å². The van der Waals surface area contributed by atoms with Crippen molar-refractivity contribution in [1.29, 1.82) is 0 Å². The molecule has 1 amide bonds. The molecule has 0 aromatic carbocycles. The summed E-state index contributed by atoms with van der Waals surface area (Å²) in [7, 11) is 0. The van der Waals surface area contributed by atoms with Crippen LogP contribution in [0, 0.1) is 0 Å². The van der Waals surface area contributed by atoms with Crippen LogP contribution in [-0.2, 0) is 9.53 Å². The molecule has 1 rings (SSSR count). The molecule has 5 heteroatoms. The molecule has 0 radical (unpaired) electrons. The van der Waals surface area contributed by atoms with Crippen LogP contribution in [0.4, 0.5) is 0 Å². The van der Waals surface area contributed by atoms with Gasteiger partial charge in [-0.15, -0.1) is 0 Å². The zero-order valence-electron chi connectivity index (χ0n) is 10.9. The number of likely N-dealkylation sites (N-methyl/N-ethyl adjacent to an activating group) is 1. The van der Waals surface area contributed by atoms with Gasteiger partial charge in [-0.3, -0.25) is 9.69 Å². The van der Waals surface area contributed by atoms with Gasteiger partial charge in [0.1, 0.15) is 0 Å². The van der Waals surface area contributed by atoms with E-state index in [4.69, 9.17) is 10.5 Å². The Bertz CT molecular complexity index is 236. The molecule has 5 nitrogen and oxygen atoms in total. The maximum Gasteiger partial charge on any atom is 0.234 e. The van der Waals surface area contributed by atoms with Crippen molar-refractivity contribution in [3.8, 4) is 0 Å². The molecule has 0 saturated carbocycles. The minimum atomic E-state index is -0.256. The van der Waals surface area contributed by atoms with Crippen LogP contribution in [0.2, 0.25) is 0 Å². The molecule has 1 aliphatic heterocycles. The van der Waals surface area contributed by atoms with Gasteiger partial charge < -0.3 is 15.8 Å². The normalized spacial score (nSPS) is 23.5. The average Bonchev–Trinajstić information content (AvgIpc) is 2.34. The highest BCUT2D eigenvalue weighted by atomic mass is 16.5. The Balaban J connectivity index is 2.38. The van der Waals surface area contributed by atoms with Crippen LogP contribution in [0.25, 0.3) is 0 Å². The summed E-state index contributed by atoms with van der Waals surface area (Å²) in [6.07, 6.45) is 1.86. The van der Waals surface area contributed by atoms with E-state index in [1.807, 2.05) is 6.92 Å². The molecule has 17 heavy (non-hydrogen) atoms. The fraction of sp³-hybridized carbons (Fsp3) is 0.917. The lowest BCUT2D eigenvalue weighted by Crippen LogP contribution is -2.48. The van der Waals surface area contributed by atoms with Crippen molar-refractivity contribution in [2.45, 2.75) is 38.8 Å². The molecule has 1 aliphatic rings. The number of morpholine rings is 1. The van der Waals surface area contributed by atoms with Crippen molar-refractivity contribution in [2.75, 3.05) is 32.8 Å². The number of rotatable bonds is 7. The van der Waals surface area contributed by atoms with E-state index >= 15 is 0 Å². The Morgan fingerprint density at radius 1 is 1.59 bits per heavy atom. The van der Waals surface area contributed by atoms with Gasteiger partial charge in [0.25, 0.3) is 0 Å². The van der Waals surface area contributed by atoms with Crippen molar-refractivity contribution < 1.29 is 9.53 Å². The largest absolute Gasteiger partial charge is 0.378 e. The summed E-state index contributed by atoms with van der Waals surface area (Å²) in [6, 6.07) is 0.277. The maximum atomic E-state index is 11.2. The van der Waals surface area contributed by atoms with Crippen LogP contribution in [0.15, 0.2) is 0 Å². The Labute approximate surface area is 104 Å². The molecular weight excluding hydrogens is 218 g/mol. The topological polar surface area (TPSA) is 67.6 Å². The number of primary amides is 1. The van der Waals surface area contributed by atoms with Gasteiger partial charge in [-0.25, -0.2) is 0 Å². The van der Waals surface area contributed by atoms with E-state index in [9.17, 15) is 4.79 Å². The van der Waals surface area contributed by atoms with Crippen LogP contribution in [0.1, 0.15) is 26.7 Å². The molecule has 1 heterocycles. The number of nitrogens with two attached hydrogens (primary N) is 1. The van der Waals surface area contributed by atoms with E-state index in [1.165, 1.54) is 0 Å². The smallest absolute Gasteiger partial charge is 0.234 e. The fourth-order valence-corrected chi connectivity index (χ4v) is 2.25. The lowest BCUT2D eigenvalue weighted by atomic mass is 10.1. The van der Waals surface area contributed by atoms with Crippen molar-refractivity contribution in [3.05, 3.63) is 0 Å². The number of ether oxygens (including phenoxy) is 1. The summed E-state index contributed by atoms with van der Waals surface area (Å²) < 4.78 is 5.46. The van der Waals surface area contributed by atoms with Crippen LogP contribution >= 0.6 is 0 Å². The first kappa shape index (κ1) is 14.4. The van der Waals surface area contributed by atoms with E-state index in [-0.39, 0.29) is 11.9 Å². The summed E-state index contributed by atoms with van der Waals surface area (Å²) in [4.78, 5) is 13.6. The van der Waals surface area contributed by atoms with Crippen molar-refractivity contribution >= 4 is 5.91 Å². The molecule has 2 unspecified atom stereocenters. The third-order valence-electron chi connectivity index (χ3n) is 3.32. The Hall–Kier alpha value is -0.650. The number of amides is 1. The van der Waals surface area contributed by atoms with Crippen LogP contribution in [0.5, 0.6) is 0 Å². The summed E-state index contributed by atoms with van der Waals surface area (Å²) in [5.74, 6) is -0.256. The molecule has 0 aromatic rings. The van der Waals surface area contributed by atoms with Gasteiger partial charge in [-0.2, -0.15) is 0 Å². The van der Waals surface area contributed by atoms with Gasteiger partial charge >= 0.3 is 0 Å². The van der Waals surface area contributed by atoms with Crippen LogP contribution in [-0.4, -0.2) is 55.7 Å². The Morgan fingerprint density at radius 2 is 2.35 bits per heavy atom. The van der Waals surface area contributed by atoms with Gasteiger partial charge in [-0.05, 0) is 19.4 Å².